The average molecular weight is 351 g/mol. The molecule has 0 saturated heterocycles. The molecule has 0 fully saturated rings. The number of para-hydroxylation sites is 1. The molecule has 136 valence electrons. The quantitative estimate of drug-likeness (QED) is 0.724. The standard InChI is InChI=1S/C20H25N5O/c1-13(2)18(21-16-9-11-17(26-5)12-10-16)20-22-23-24-25(20)19-14(3)7-6-8-15(19)4/h6-13,18,21H,1-5H3. The fourth-order valence-corrected chi connectivity index (χ4v) is 3.08. The molecular formula is C20H25N5O. The Bertz CT molecular complexity index is 850. The van der Waals surface area contributed by atoms with Crippen molar-refractivity contribution in [2.45, 2.75) is 33.7 Å². The number of aromatic nitrogens is 4. The number of nitrogens with zero attached hydrogens (tertiary/aromatic N) is 4. The van der Waals surface area contributed by atoms with Gasteiger partial charge in [0.1, 0.15) is 5.75 Å². The first kappa shape index (κ1) is 17.9. The molecule has 1 N–H and O–H groups in total. The third-order valence-electron chi connectivity index (χ3n) is 4.50. The zero-order valence-corrected chi connectivity index (χ0v) is 15.9. The maximum atomic E-state index is 5.23. The Morgan fingerprint density at radius 1 is 1.00 bits per heavy atom. The number of anilines is 1. The highest BCUT2D eigenvalue weighted by Gasteiger charge is 2.24. The molecule has 3 rings (SSSR count). The number of hydrogen-bond donors (Lipinski definition) is 1. The van der Waals surface area contributed by atoms with Crippen molar-refractivity contribution in [3.63, 3.8) is 0 Å². The van der Waals surface area contributed by atoms with E-state index in [-0.39, 0.29) is 6.04 Å². The van der Waals surface area contributed by atoms with E-state index < -0.39 is 0 Å². The van der Waals surface area contributed by atoms with Gasteiger partial charge in [-0.2, -0.15) is 4.68 Å². The number of ether oxygens (including phenoxy) is 1. The monoisotopic (exact) mass is 351 g/mol. The van der Waals surface area contributed by atoms with E-state index in [0.29, 0.717) is 5.92 Å². The maximum Gasteiger partial charge on any atom is 0.179 e. The minimum atomic E-state index is -0.0302. The topological polar surface area (TPSA) is 64.9 Å². The fraction of sp³-hybridized carbons (Fsp3) is 0.350. The first-order chi connectivity index (χ1) is 12.5. The average Bonchev–Trinajstić information content (AvgIpc) is 3.08. The first-order valence-corrected chi connectivity index (χ1v) is 8.76. The first-order valence-electron chi connectivity index (χ1n) is 8.76. The summed E-state index contributed by atoms with van der Waals surface area (Å²) in [7, 11) is 1.66. The Hall–Kier alpha value is -2.89. The number of aryl methyl sites for hydroxylation is 2. The molecule has 1 atom stereocenters. The number of rotatable bonds is 6. The van der Waals surface area contributed by atoms with Crippen molar-refractivity contribution in [3.05, 3.63) is 59.4 Å². The zero-order valence-electron chi connectivity index (χ0n) is 15.9. The molecular weight excluding hydrogens is 326 g/mol. The largest absolute Gasteiger partial charge is 0.497 e. The highest BCUT2D eigenvalue weighted by Crippen LogP contribution is 2.28. The number of nitrogens with one attached hydrogen (secondary N) is 1. The van der Waals surface area contributed by atoms with E-state index in [1.807, 2.05) is 35.0 Å². The van der Waals surface area contributed by atoms with Crippen LogP contribution < -0.4 is 10.1 Å². The van der Waals surface area contributed by atoms with Gasteiger partial charge in [0.15, 0.2) is 5.82 Å². The Balaban J connectivity index is 1.98. The molecule has 26 heavy (non-hydrogen) atoms. The van der Waals surface area contributed by atoms with E-state index >= 15 is 0 Å². The summed E-state index contributed by atoms with van der Waals surface area (Å²) in [6.45, 7) is 8.47. The molecule has 0 saturated carbocycles. The minimum Gasteiger partial charge on any atom is -0.497 e. The normalized spacial score (nSPS) is 12.2. The lowest BCUT2D eigenvalue weighted by atomic mass is 10.0. The minimum absolute atomic E-state index is 0.0302. The molecule has 1 unspecified atom stereocenters. The van der Waals surface area contributed by atoms with Gasteiger partial charge < -0.3 is 10.1 Å². The van der Waals surface area contributed by atoms with Gasteiger partial charge in [0, 0.05) is 5.69 Å². The van der Waals surface area contributed by atoms with E-state index in [4.69, 9.17) is 4.74 Å². The van der Waals surface area contributed by atoms with Crippen molar-refractivity contribution in [3.8, 4) is 11.4 Å². The van der Waals surface area contributed by atoms with Gasteiger partial charge in [0.25, 0.3) is 0 Å². The molecule has 1 heterocycles. The third kappa shape index (κ3) is 3.54. The molecule has 0 radical (unpaired) electrons. The van der Waals surface area contributed by atoms with Crippen LogP contribution in [0, 0.1) is 19.8 Å². The fourth-order valence-electron chi connectivity index (χ4n) is 3.08. The molecule has 0 bridgehead atoms. The van der Waals surface area contributed by atoms with E-state index in [9.17, 15) is 0 Å². The number of benzene rings is 2. The summed E-state index contributed by atoms with van der Waals surface area (Å²) in [5, 5.41) is 16.1. The zero-order chi connectivity index (χ0) is 18.7. The second-order valence-corrected chi connectivity index (χ2v) is 6.78. The van der Waals surface area contributed by atoms with Crippen LogP contribution in [0.1, 0.15) is 36.8 Å². The van der Waals surface area contributed by atoms with Crippen LogP contribution in [0.4, 0.5) is 5.69 Å². The van der Waals surface area contributed by atoms with Gasteiger partial charge in [-0.05, 0) is 65.6 Å². The summed E-state index contributed by atoms with van der Waals surface area (Å²) in [5.74, 6) is 1.93. The van der Waals surface area contributed by atoms with E-state index in [2.05, 4.69) is 60.7 Å². The molecule has 1 aromatic heterocycles. The van der Waals surface area contributed by atoms with Crippen LogP contribution in [-0.4, -0.2) is 27.3 Å². The smallest absolute Gasteiger partial charge is 0.179 e. The number of methoxy groups -OCH3 is 1. The van der Waals surface area contributed by atoms with Gasteiger partial charge >= 0.3 is 0 Å². The second-order valence-electron chi connectivity index (χ2n) is 6.78. The van der Waals surface area contributed by atoms with Crippen LogP contribution in [0.25, 0.3) is 5.69 Å². The Kier molecular flexibility index (Phi) is 5.21. The molecule has 0 spiro atoms. The van der Waals surface area contributed by atoms with Crippen molar-refractivity contribution in [1.29, 1.82) is 0 Å². The molecule has 0 aliphatic carbocycles. The molecule has 3 aromatic rings. The summed E-state index contributed by atoms with van der Waals surface area (Å²) >= 11 is 0. The molecule has 6 heteroatoms. The van der Waals surface area contributed by atoms with Crippen LogP contribution in [-0.2, 0) is 0 Å². The van der Waals surface area contributed by atoms with Gasteiger partial charge in [-0.25, -0.2) is 0 Å². The number of hydrogen-bond acceptors (Lipinski definition) is 5. The third-order valence-corrected chi connectivity index (χ3v) is 4.50. The van der Waals surface area contributed by atoms with Gasteiger partial charge in [-0.3, -0.25) is 0 Å². The van der Waals surface area contributed by atoms with E-state index in [1.165, 1.54) is 0 Å². The van der Waals surface area contributed by atoms with Crippen LogP contribution in [0.5, 0.6) is 5.75 Å². The van der Waals surface area contributed by atoms with E-state index in [0.717, 1.165) is 34.1 Å². The van der Waals surface area contributed by atoms with Gasteiger partial charge in [-0.1, -0.05) is 32.0 Å². The van der Waals surface area contributed by atoms with Crippen molar-refractivity contribution in [1.82, 2.24) is 20.2 Å². The molecule has 0 amide bonds. The summed E-state index contributed by atoms with van der Waals surface area (Å²) < 4.78 is 7.09. The van der Waals surface area contributed by atoms with Crippen LogP contribution in [0.15, 0.2) is 42.5 Å². The van der Waals surface area contributed by atoms with Crippen LogP contribution in [0.3, 0.4) is 0 Å². The van der Waals surface area contributed by atoms with Crippen molar-refractivity contribution >= 4 is 5.69 Å². The van der Waals surface area contributed by atoms with Crippen molar-refractivity contribution in [2.75, 3.05) is 12.4 Å². The maximum absolute atomic E-state index is 5.23. The molecule has 2 aromatic carbocycles. The lowest BCUT2D eigenvalue weighted by molar-refractivity contribution is 0.415. The number of tetrazole rings is 1. The van der Waals surface area contributed by atoms with E-state index in [1.54, 1.807) is 7.11 Å². The summed E-state index contributed by atoms with van der Waals surface area (Å²) in [6.07, 6.45) is 0. The van der Waals surface area contributed by atoms with Gasteiger partial charge in [0.05, 0.1) is 18.8 Å². The van der Waals surface area contributed by atoms with Crippen molar-refractivity contribution in [2.24, 2.45) is 5.92 Å². The lowest BCUT2D eigenvalue weighted by Gasteiger charge is -2.23. The highest BCUT2D eigenvalue weighted by atomic mass is 16.5. The SMILES string of the molecule is COc1ccc(NC(c2nnnn2-c2c(C)cccc2C)C(C)C)cc1. The summed E-state index contributed by atoms with van der Waals surface area (Å²) in [4.78, 5) is 0. The highest BCUT2D eigenvalue weighted by molar-refractivity contribution is 5.49. The lowest BCUT2D eigenvalue weighted by Crippen LogP contribution is -2.22. The van der Waals surface area contributed by atoms with Crippen molar-refractivity contribution < 1.29 is 4.74 Å². The summed E-state index contributed by atoms with van der Waals surface area (Å²) in [6, 6.07) is 14.1. The molecule has 0 aliphatic heterocycles. The predicted octanol–water partition coefficient (Wildman–Crippen LogP) is 4.10. The molecule has 0 aliphatic rings. The van der Waals surface area contributed by atoms with Crippen LogP contribution in [0.2, 0.25) is 0 Å². The Morgan fingerprint density at radius 3 is 2.23 bits per heavy atom. The predicted molar refractivity (Wildman–Crippen MR) is 103 cm³/mol. The molecule has 6 nitrogen and oxygen atoms in total. The Morgan fingerprint density at radius 2 is 1.65 bits per heavy atom. The van der Waals surface area contributed by atoms with Gasteiger partial charge in [0.2, 0.25) is 0 Å². The Labute approximate surface area is 154 Å². The second kappa shape index (κ2) is 7.56. The summed E-state index contributed by atoms with van der Waals surface area (Å²) in [5.41, 5.74) is 4.33. The van der Waals surface area contributed by atoms with Gasteiger partial charge in [-0.15, -0.1) is 5.10 Å². The van der Waals surface area contributed by atoms with Crippen LogP contribution >= 0.6 is 0 Å².